The average Bonchev–Trinajstić information content (AvgIpc) is 2.97. The molecule has 0 saturated heterocycles. The van der Waals surface area contributed by atoms with E-state index in [9.17, 15) is 0 Å². The molecule has 0 heterocycles. The van der Waals surface area contributed by atoms with Gasteiger partial charge in [-0.2, -0.15) is 0 Å². The standard InChI is InChI=1S/C33H28O3/c1-34-28-17-14-25(15-18-28)31-22-27(21-30(33(31)36-3)24-12-8-5-9-13-24)26-16-19-32(35-2)29(20-26)23-10-6-4-7-11-23/h4-22H,1-3H3. The van der Waals surface area contributed by atoms with Crippen molar-refractivity contribution in [2.45, 2.75) is 0 Å². The van der Waals surface area contributed by atoms with E-state index in [1.807, 2.05) is 42.5 Å². The summed E-state index contributed by atoms with van der Waals surface area (Å²) in [5.74, 6) is 2.50. The van der Waals surface area contributed by atoms with Gasteiger partial charge in [-0.1, -0.05) is 78.9 Å². The van der Waals surface area contributed by atoms with Crippen LogP contribution in [0.1, 0.15) is 0 Å². The van der Waals surface area contributed by atoms with E-state index in [4.69, 9.17) is 14.2 Å². The molecule has 5 rings (SSSR count). The van der Waals surface area contributed by atoms with Crippen molar-refractivity contribution in [1.82, 2.24) is 0 Å². The van der Waals surface area contributed by atoms with Crippen LogP contribution in [0.2, 0.25) is 0 Å². The Bertz CT molecular complexity index is 1460. The van der Waals surface area contributed by atoms with Crippen LogP contribution in [0.15, 0.2) is 115 Å². The lowest BCUT2D eigenvalue weighted by atomic mass is 9.90. The molecule has 0 aliphatic carbocycles. The number of rotatable bonds is 7. The molecule has 0 atom stereocenters. The molecule has 0 aromatic heterocycles. The van der Waals surface area contributed by atoms with Crippen LogP contribution in [0.5, 0.6) is 17.2 Å². The molecule has 0 radical (unpaired) electrons. The largest absolute Gasteiger partial charge is 0.497 e. The van der Waals surface area contributed by atoms with Crippen LogP contribution in [0, 0.1) is 0 Å². The van der Waals surface area contributed by atoms with Crippen LogP contribution in [-0.2, 0) is 0 Å². The lowest BCUT2D eigenvalue weighted by molar-refractivity contribution is 0.414. The molecule has 0 N–H and O–H groups in total. The Hall–Kier alpha value is -4.50. The van der Waals surface area contributed by atoms with Crippen LogP contribution < -0.4 is 14.2 Å². The van der Waals surface area contributed by atoms with Crippen LogP contribution >= 0.6 is 0 Å². The second-order valence-corrected chi connectivity index (χ2v) is 8.48. The molecule has 36 heavy (non-hydrogen) atoms. The van der Waals surface area contributed by atoms with Gasteiger partial charge in [-0.3, -0.25) is 0 Å². The summed E-state index contributed by atoms with van der Waals surface area (Å²) in [6.45, 7) is 0. The lowest BCUT2D eigenvalue weighted by Gasteiger charge is -2.18. The van der Waals surface area contributed by atoms with Crippen molar-refractivity contribution >= 4 is 0 Å². The summed E-state index contributed by atoms with van der Waals surface area (Å²) in [5, 5.41) is 0. The molecule has 0 unspecified atom stereocenters. The van der Waals surface area contributed by atoms with E-state index in [0.717, 1.165) is 61.8 Å². The smallest absolute Gasteiger partial charge is 0.134 e. The summed E-state index contributed by atoms with van der Waals surface area (Å²) in [6.07, 6.45) is 0. The van der Waals surface area contributed by atoms with E-state index in [2.05, 4.69) is 72.8 Å². The summed E-state index contributed by atoms with van der Waals surface area (Å²) < 4.78 is 17.1. The maximum atomic E-state index is 6.01. The number of hydrogen-bond acceptors (Lipinski definition) is 3. The lowest BCUT2D eigenvalue weighted by Crippen LogP contribution is -1.95. The number of benzene rings is 5. The zero-order valence-corrected chi connectivity index (χ0v) is 20.7. The van der Waals surface area contributed by atoms with Crippen LogP contribution in [0.3, 0.4) is 0 Å². The quantitative estimate of drug-likeness (QED) is 0.238. The van der Waals surface area contributed by atoms with Gasteiger partial charge in [-0.15, -0.1) is 0 Å². The normalized spacial score (nSPS) is 10.6. The van der Waals surface area contributed by atoms with Gasteiger partial charge >= 0.3 is 0 Å². The number of hydrogen-bond donors (Lipinski definition) is 0. The molecule has 3 heteroatoms. The Morgan fingerprint density at radius 1 is 0.389 bits per heavy atom. The minimum absolute atomic E-state index is 0.819. The Labute approximate surface area is 212 Å². The minimum atomic E-state index is 0.819. The van der Waals surface area contributed by atoms with Gasteiger partial charge in [0.2, 0.25) is 0 Å². The SMILES string of the molecule is COc1ccc(-c2cc(-c3ccc(OC)c(-c4ccccc4)c3)cc(-c3ccccc3)c2OC)cc1. The second-order valence-electron chi connectivity index (χ2n) is 8.48. The molecule has 0 aliphatic heterocycles. The maximum absolute atomic E-state index is 6.01. The highest BCUT2D eigenvalue weighted by Gasteiger charge is 2.17. The maximum Gasteiger partial charge on any atom is 0.134 e. The van der Waals surface area contributed by atoms with Crippen molar-refractivity contribution in [2.75, 3.05) is 21.3 Å². The van der Waals surface area contributed by atoms with Gasteiger partial charge in [0, 0.05) is 16.7 Å². The Morgan fingerprint density at radius 2 is 0.889 bits per heavy atom. The first-order chi connectivity index (χ1) is 17.7. The highest BCUT2D eigenvalue weighted by atomic mass is 16.5. The molecule has 0 fully saturated rings. The van der Waals surface area contributed by atoms with Gasteiger partial charge < -0.3 is 14.2 Å². The fourth-order valence-corrected chi connectivity index (χ4v) is 4.56. The van der Waals surface area contributed by atoms with Gasteiger partial charge in [0.1, 0.15) is 17.2 Å². The van der Waals surface area contributed by atoms with Gasteiger partial charge in [0.15, 0.2) is 0 Å². The Morgan fingerprint density at radius 3 is 1.42 bits per heavy atom. The van der Waals surface area contributed by atoms with E-state index in [0.29, 0.717) is 0 Å². The summed E-state index contributed by atoms with van der Waals surface area (Å²) in [4.78, 5) is 0. The van der Waals surface area contributed by atoms with Gasteiger partial charge in [-0.05, 0) is 64.2 Å². The summed E-state index contributed by atoms with van der Waals surface area (Å²) >= 11 is 0. The molecule has 0 bridgehead atoms. The topological polar surface area (TPSA) is 27.7 Å². The molecular formula is C33H28O3. The molecule has 5 aromatic rings. The summed E-state index contributed by atoms with van der Waals surface area (Å²) in [6, 6.07) is 39.5. The monoisotopic (exact) mass is 472 g/mol. The van der Waals surface area contributed by atoms with Gasteiger partial charge in [-0.25, -0.2) is 0 Å². The fourth-order valence-electron chi connectivity index (χ4n) is 4.56. The molecule has 0 aliphatic rings. The fraction of sp³-hybridized carbons (Fsp3) is 0.0909. The highest BCUT2D eigenvalue weighted by molar-refractivity contribution is 5.89. The first kappa shape index (κ1) is 23.3. The predicted octanol–water partition coefficient (Wildman–Crippen LogP) is 8.38. The molecular weight excluding hydrogens is 444 g/mol. The third-order valence-electron chi connectivity index (χ3n) is 6.40. The number of ether oxygens (including phenoxy) is 3. The zero-order chi connectivity index (χ0) is 24.9. The molecule has 0 spiro atoms. The summed E-state index contributed by atoms with van der Waals surface area (Å²) in [5.41, 5.74) is 8.59. The van der Waals surface area contributed by atoms with E-state index in [1.165, 1.54) is 0 Å². The first-order valence-electron chi connectivity index (χ1n) is 11.9. The Kier molecular flexibility index (Phi) is 6.72. The van der Waals surface area contributed by atoms with Crippen LogP contribution in [-0.4, -0.2) is 21.3 Å². The van der Waals surface area contributed by atoms with E-state index >= 15 is 0 Å². The minimum Gasteiger partial charge on any atom is -0.497 e. The third kappa shape index (κ3) is 4.56. The van der Waals surface area contributed by atoms with Crippen molar-refractivity contribution < 1.29 is 14.2 Å². The molecule has 178 valence electrons. The predicted molar refractivity (Wildman–Crippen MR) is 148 cm³/mol. The number of methoxy groups -OCH3 is 3. The average molecular weight is 473 g/mol. The van der Waals surface area contributed by atoms with E-state index < -0.39 is 0 Å². The van der Waals surface area contributed by atoms with Crippen molar-refractivity contribution in [3.8, 4) is 61.8 Å². The van der Waals surface area contributed by atoms with Crippen molar-refractivity contribution in [3.05, 3.63) is 115 Å². The van der Waals surface area contributed by atoms with Crippen molar-refractivity contribution in [2.24, 2.45) is 0 Å². The van der Waals surface area contributed by atoms with Gasteiger partial charge in [0.05, 0.1) is 21.3 Å². The Balaban J connectivity index is 1.74. The van der Waals surface area contributed by atoms with Crippen LogP contribution in [0.25, 0.3) is 44.5 Å². The van der Waals surface area contributed by atoms with Crippen LogP contribution in [0.4, 0.5) is 0 Å². The molecule has 3 nitrogen and oxygen atoms in total. The molecule has 0 amide bonds. The summed E-state index contributed by atoms with van der Waals surface area (Å²) in [7, 11) is 5.12. The first-order valence-corrected chi connectivity index (χ1v) is 11.9. The second kappa shape index (κ2) is 10.4. The van der Waals surface area contributed by atoms with Crippen molar-refractivity contribution in [1.29, 1.82) is 0 Å². The van der Waals surface area contributed by atoms with Crippen molar-refractivity contribution in [3.63, 3.8) is 0 Å². The van der Waals surface area contributed by atoms with Gasteiger partial charge in [0.25, 0.3) is 0 Å². The zero-order valence-electron chi connectivity index (χ0n) is 20.7. The van der Waals surface area contributed by atoms with E-state index in [1.54, 1.807) is 21.3 Å². The molecule has 5 aromatic carbocycles. The molecule has 0 saturated carbocycles. The highest BCUT2D eigenvalue weighted by Crippen LogP contribution is 2.44. The van der Waals surface area contributed by atoms with E-state index in [-0.39, 0.29) is 0 Å². The third-order valence-corrected chi connectivity index (χ3v) is 6.40.